The standard InChI is InChI=1S/C18H13F2N3/c19-16-5-1-14(2-6-16)18(15-3-7-17(20)8-4-15)23-12-13(11-22)9-10-21/h1-8,12,18,23H,9H2/b13-12-. The number of benzene rings is 2. The number of hydrogen-bond acceptors (Lipinski definition) is 3. The summed E-state index contributed by atoms with van der Waals surface area (Å²) >= 11 is 0. The Morgan fingerprint density at radius 1 is 0.957 bits per heavy atom. The predicted molar refractivity (Wildman–Crippen MR) is 81.7 cm³/mol. The zero-order chi connectivity index (χ0) is 16.7. The molecular formula is C18H13F2N3. The van der Waals surface area contributed by atoms with Crippen molar-refractivity contribution in [1.82, 2.24) is 5.32 Å². The molecule has 0 saturated carbocycles. The molecule has 5 heteroatoms. The van der Waals surface area contributed by atoms with Crippen LogP contribution in [0.1, 0.15) is 23.6 Å². The van der Waals surface area contributed by atoms with Crippen molar-refractivity contribution in [1.29, 1.82) is 10.5 Å². The van der Waals surface area contributed by atoms with Gasteiger partial charge in [0, 0.05) is 6.20 Å². The van der Waals surface area contributed by atoms with E-state index in [0.29, 0.717) is 0 Å². The SMILES string of the molecule is N#CC/C(C#N)=C/NC(c1ccc(F)cc1)c1ccc(F)cc1. The van der Waals surface area contributed by atoms with E-state index in [1.54, 1.807) is 24.3 Å². The topological polar surface area (TPSA) is 59.6 Å². The molecular weight excluding hydrogens is 296 g/mol. The summed E-state index contributed by atoms with van der Waals surface area (Å²) in [5.41, 5.74) is 1.79. The maximum Gasteiger partial charge on any atom is 0.123 e. The van der Waals surface area contributed by atoms with Crippen molar-refractivity contribution in [3.8, 4) is 12.1 Å². The summed E-state index contributed by atoms with van der Waals surface area (Å²) in [5.74, 6) is -0.714. The Morgan fingerprint density at radius 3 is 1.83 bits per heavy atom. The van der Waals surface area contributed by atoms with Gasteiger partial charge in [0.05, 0.1) is 30.2 Å². The summed E-state index contributed by atoms with van der Waals surface area (Å²) in [7, 11) is 0. The van der Waals surface area contributed by atoms with Gasteiger partial charge in [0.15, 0.2) is 0 Å². The van der Waals surface area contributed by atoms with Crippen LogP contribution in [-0.4, -0.2) is 0 Å². The molecule has 0 fully saturated rings. The molecule has 2 aromatic rings. The molecule has 0 aliphatic heterocycles. The Labute approximate surface area is 133 Å². The van der Waals surface area contributed by atoms with Crippen LogP contribution in [0.25, 0.3) is 0 Å². The summed E-state index contributed by atoms with van der Waals surface area (Å²) in [6.45, 7) is 0. The molecule has 0 aliphatic carbocycles. The molecule has 23 heavy (non-hydrogen) atoms. The highest BCUT2D eigenvalue weighted by Crippen LogP contribution is 2.23. The number of nitriles is 2. The van der Waals surface area contributed by atoms with Crippen LogP contribution in [0.15, 0.2) is 60.3 Å². The van der Waals surface area contributed by atoms with E-state index >= 15 is 0 Å². The molecule has 2 aromatic carbocycles. The smallest absolute Gasteiger partial charge is 0.123 e. The molecule has 3 nitrogen and oxygen atoms in total. The Morgan fingerprint density at radius 2 is 1.43 bits per heavy atom. The summed E-state index contributed by atoms with van der Waals surface area (Å²) in [5, 5.41) is 20.7. The summed E-state index contributed by atoms with van der Waals surface area (Å²) in [4.78, 5) is 0. The molecule has 0 atom stereocenters. The maximum absolute atomic E-state index is 13.1. The van der Waals surface area contributed by atoms with Gasteiger partial charge in [-0.1, -0.05) is 24.3 Å². The van der Waals surface area contributed by atoms with E-state index < -0.39 is 6.04 Å². The molecule has 0 radical (unpaired) electrons. The zero-order valence-corrected chi connectivity index (χ0v) is 12.1. The van der Waals surface area contributed by atoms with Crippen molar-refractivity contribution in [3.63, 3.8) is 0 Å². The molecule has 1 N–H and O–H groups in total. The van der Waals surface area contributed by atoms with Gasteiger partial charge < -0.3 is 5.32 Å². The van der Waals surface area contributed by atoms with Crippen LogP contribution >= 0.6 is 0 Å². The summed E-state index contributed by atoms with van der Waals surface area (Å²) in [6.07, 6.45) is 1.45. The molecule has 2 rings (SSSR count). The summed E-state index contributed by atoms with van der Waals surface area (Å²) < 4.78 is 26.2. The minimum atomic E-state index is -0.391. The van der Waals surface area contributed by atoms with Crippen molar-refractivity contribution in [2.45, 2.75) is 12.5 Å². The molecule has 0 heterocycles. The van der Waals surface area contributed by atoms with Crippen molar-refractivity contribution in [3.05, 3.63) is 83.1 Å². The molecule has 0 amide bonds. The fourth-order valence-electron chi connectivity index (χ4n) is 2.09. The molecule has 0 spiro atoms. The Hall–Kier alpha value is -3.18. The number of allylic oxidation sites excluding steroid dienone is 1. The second-order valence-electron chi connectivity index (χ2n) is 4.82. The van der Waals surface area contributed by atoms with E-state index in [4.69, 9.17) is 10.5 Å². The second-order valence-corrected chi connectivity index (χ2v) is 4.82. The third-order valence-corrected chi connectivity index (χ3v) is 3.24. The first kappa shape index (κ1) is 16.2. The zero-order valence-electron chi connectivity index (χ0n) is 12.1. The lowest BCUT2D eigenvalue weighted by molar-refractivity contribution is 0.622. The van der Waals surface area contributed by atoms with Crippen LogP contribution in [0.5, 0.6) is 0 Å². The van der Waals surface area contributed by atoms with E-state index in [2.05, 4.69) is 5.32 Å². The van der Waals surface area contributed by atoms with Crippen molar-refractivity contribution < 1.29 is 8.78 Å². The third-order valence-electron chi connectivity index (χ3n) is 3.24. The molecule has 0 unspecified atom stereocenters. The van der Waals surface area contributed by atoms with E-state index in [-0.39, 0.29) is 23.6 Å². The van der Waals surface area contributed by atoms with E-state index in [1.807, 2.05) is 12.1 Å². The van der Waals surface area contributed by atoms with Gasteiger partial charge in [0.2, 0.25) is 0 Å². The first-order chi connectivity index (χ1) is 11.1. The van der Waals surface area contributed by atoms with Crippen LogP contribution < -0.4 is 5.32 Å². The normalized spacial score (nSPS) is 10.9. The van der Waals surface area contributed by atoms with Gasteiger partial charge in [-0.25, -0.2) is 8.78 Å². The number of nitrogens with one attached hydrogen (secondary N) is 1. The molecule has 114 valence electrons. The molecule has 0 aromatic heterocycles. The maximum atomic E-state index is 13.1. The number of rotatable bonds is 5. The Balaban J connectivity index is 2.35. The Kier molecular flexibility index (Phi) is 5.44. The largest absolute Gasteiger partial charge is 0.379 e. The van der Waals surface area contributed by atoms with Crippen molar-refractivity contribution in [2.75, 3.05) is 0 Å². The fraction of sp³-hybridized carbons (Fsp3) is 0.111. The van der Waals surface area contributed by atoms with Gasteiger partial charge in [-0.3, -0.25) is 0 Å². The van der Waals surface area contributed by atoms with Gasteiger partial charge in [-0.15, -0.1) is 0 Å². The highest BCUT2D eigenvalue weighted by Gasteiger charge is 2.13. The lowest BCUT2D eigenvalue weighted by atomic mass is 9.98. The van der Waals surface area contributed by atoms with Crippen LogP contribution in [-0.2, 0) is 0 Å². The molecule has 0 saturated heterocycles. The highest BCUT2D eigenvalue weighted by molar-refractivity contribution is 5.34. The minimum Gasteiger partial charge on any atom is -0.379 e. The minimum absolute atomic E-state index is 0.0109. The van der Waals surface area contributed by atoms with E-state index in [1.165, 1.54) is 30.5 Å². The first-order valence-electron chi connectivity index (χ1n) is 6.87. The van der Waals surface area contributed by atoms with E-state index in [9.17, 15) is 8.78 Å². The fourth-order valence-corrected chi connectivity index (χ4v) is 2.09. The van der Waals surface area contributed by atoms with Gasteiger partial charge in [0.25, 0.3) is 0 Å². The second kappa shape index (κ2) is 7.72. The highest BCUT2D eigenvalue weighted by atomic mass is 19.1. The van der Waals surface area contributed by atoms with Gasteiger partial charge >= 0.3 is 0 Å². The van der Waals surface area contributed by atoms with Crippen LogP contribution in [0.2, 0.25) is 0 Å². The van der Waals surface area contributed by atoms with Crippen LogP contribution in [0.4, 0.5) is 8.78 Å². The average Bonchev–Trinajstić information content (AvgIpc) is 2.57. The van der Waals surface area contributed by atoms with Crippen LogP contribution in [0, 0.1) is 34.3 Å². The van der Waals surface area contributed by atoms with Crippen LogP contribution in [0.3, 0.4) is 0 Å². The lowest BCUT2D eigenvalue weighted by Crippen LogP contribution is -2.17. The Bertz CT molecular complexity index is 720. The monoisotopic (exact) mass is 309 g/mol. The van der Waals surface area contributed by atoms with Gasteiger partial charge in [-0.2, -0.15) is 10.5 Å². The third kappa shape index (κ3) is 4.39. The number of hydrogen-bond donors (Lipinski definition) is 1. The van der Waals surface area contributed by atoms with E-state index in [0.717, 1.165) is 11.1 Å². The predicted octanol–water partition coefficient (Wildman–Crippen LogP) is 3.96. The quantitative estimate of drug-likeness (QED) is 0.850. The summed E-state index contributed by atoms with van der Waals surface area (Å²) in [6, 6.07) is 15.2. The molecule has 0 bridgehead atoms. The van der Waals surface area contributed by atoms with Crippen molar-refractivity contribution >= 4 is 0 Å². The van der Waals surface area contributed by atoms with Gasteiger partial charge in [0.1, 0.15) is 11.6 Å². The van der Waals surface area contributed by atoms with Crippen molar-refractivity contribution in [2.24, 2.45) is 0 Å². The lowest BCUT2D eigenvalue weighted by Gasteiger charge is -2.19. The number of nitrogens with zero attached hydrogens (tertiary/aromatic N) is 2. The average molecular weight is 309 g/mol. The van der Waals surface area contributed by atoms with Gasteiger partial charge in [-0.05, 0) is 35.4 Å². The first-order valence-corrected chi connectivity index (χ1v) is 6.87. The number of halogens is 2. The molecule has 0 aliphatic rings.